The van der Waals surface area contributed by atoms with Gasteiger partial charge >= 0.3 is 19.5 Å². The molecule has 0 heterocycles. The van der Waals surface area contributed by atoms with E-state index in [0.717, 1.165) is 5.56 Å². The molecule has 1 aromatic rings. The van der Waals surface area contributed by atoms with Crippen molar-refractivity contribution in [2.24, 2.45) is 0 Å². The molecule has 4 heteroatoms. The number of benzene rings is 1. The molecule has 0 bridgehead atoms. The van der Waals surface area contributed by atoms with Gasteiger partial charge in [0, 0.05) is 4.90 Å². The van der Waals surface area contributed by atoms with Crippen LogP contribution in [-0.4, -0.2) is 8.76 Å². The maximum atomic E-state index is 10.3. The van der Waals surface area contributed by atoms with Crippen LogP contribution in [0.2, 0.25) is 0 Å². The van der Waals surface area contributed by atoms with Crippen LogP contribution in [0, 0.1) is 6.92 Å². The van der Waals surface area contributed by atoms with Gasteiger partial charge in [0.05, 0.1) is 0 Å². The molecule has 0 aliphatic carbocycles. The van der Waals surface area contributed by atoms with E-state index in [1.165, 1.54) is 0 Å². The first-order valence-corrected chi connectivity index (χ1v) is 3.93. The van der Waals surface area contributed by atoms with E-state index >= 15 is 0 Å². The zero-order valence-corrected chi connectivity index (χ0v) is 10.0. The van der Waals surface area contributed by atoms with Gasteiger partial charge in [-0.15, -0.1) is 0 Å². The summed E-state index contributed by atoms with van der Waals surface area (Å²) in [6.45, 7) is 1.91. The predicted molar refractivity (Wildman–Crippen MR) is 38.4 cm³/mol. The Morgan fingerprint density at radius 3 is 2.09 bits per heavy atom. The summed E-state index contributed by atoms with van der Waals surface area (Å²) in [6.07, 6.45) is 0. The molecule has 1 atom stereocenters. The minimum Gasteiger partial charge on any atom is -0.768 e. The van der Waals surface area contributed by atoms with Gasteiger partial charge in [0.1, 0.15) is 0 Å². The van der Waals surface area contributed by atoms with Crippen LogP contribution in [-0.2, 0) is 30.6 Å². The number of rotatable bonds is 1. The van der Waals surface area contributed by atoms with Crippen molar-refractivity contribution in [3.63, 3.8) is 0 Å². The SMILES string of the molecule is Cc1ccc(S(=O)[O-])cc1.[Zn+2]. The van der Waals surface area contributed by atoms with Crippen molar-refractivity contribution in [1.82, 2.24) is 0 Å². The Morgan fingerprint density at radius 1 is 1.27 bits per heavy atom. The maximum absolute atomic E-state index is 10.3. The second kappa shape index (κ2) is 4.76. The zero-order chi connectivity index (χ0) is 7.56. The third-order valence-electron chi connectivity index (χ3n) is 1.21. The molecule has 0 spiro atoms. The fourth-order valence-electron chi connectivity index (χ4n) is 0.649. The van der Waals surface area contributed by atoms with E-state index in [1.54, 1.807) is 24.3 Å². The van der Waals surface area contributed by atoms with E-state index in [9.17, 15) is 8.76 Å². The van der Waals surface area contributed by atoms with Crippen LogP contribution >= 0.6 is 0 Å². The molecular formula is C7H7O2SZn+. The quantitative estimate of drug-likeness (QED) is 0.528. The summed E-state index contributed by atoms with van der Waals surface area (Å²) in [5.74, 6) is 0. The van der Waals surface area contributed by atoms with Gasteiger partial charge in [0.15, 0.2) is 0 Å². The minimum atomic E-state index is -2.09. The van der Waals surface area contributed by atoms with E-state index < -0.39 is 11.1 Å². The van der Waals surface area contributed by atoms with Gasteiger partial charge in [-0.3, -0.25) is 4.21 Å². The van der Waals surface area contributed by atoms with Crippen LogP contribution in [0.1, 0.15) is 5.56 Å². The van der Waals surface area contributed by atoms with Gasteiger partial charge in [0.2, 0.25) is 0 Å². The second-order valence-electron chi connectivity index (χ2n) is 2.05. The van der Waals surface area contributed by atoms with Gasteiger partial charge in [-0.05, 0) is 30.1 Å². The average molecular weight is 221 g/mol. The Morgan fingerprint density at radius 2 is 1.73 bits per heavy atom. The van der Waals surface area contributed by atoms with E-state index in [4.69, 9.17) is 0 Å². The van der Waals surface area contributed by atoms with Crippen molar-refractivity contribution >= 4 is 11.1 Å². The maximum Gasteiger partial charge on any atom is 2.00 e. The molecule has 0 aromatic heterocycles. The van der Waals surface area contributed by atoms with Crippen molar-refractivity contribution in [1.29, 1.82) is 0 Å². The van der Waals surface area contributed by atoms with Gasteiger partial charge < -0.3 is 4.55 Å². The summed E-state index contributed by atoms with van der Waals surface area (Å²) >= 11 is -2.09. The molecular weight excluding hydrogens is 214 g/mol. The molecule has 0 saturated heterocycles. The third-order valence-corrected chi connectivity index (χ3v) is 1.87. The molecule has 0 saturated carbocycles. The molecule has 0 fully saturated rings. The standard InChI is InChI=1S/C7H8O2S.Zn/c1-6-2-4-7(5-3-6)10(8)9;/h2-5H,1H3,(H,8,9);/q;+2/p-1. The van der Waals surface area contributed by atoms with Crippen LogP contribution in [0.5, 0.6) is 0 Å². The Balaban J connectivity index is 0.000001000. The number of aryl methyl sites for hydroxylation is 1. The topological polar surface area (TPSA) is 40.1 Å². The van der Waals surface area contributed by atoms with E-state index in [1.807, 2.05) is 6.92 Å². The van der Waals surface area contributed by atoms with Gasteiger partial charge in [-0.25, -0.2) is 0 Å². The Bertz CT molecular complexity index is 245. The van der Waals surface area contributed by atoms with Crippen molar-refractivity contribution < 1.29 is 28.2 Å². The average Bonchev–Trinajstić information content (AvgIpc) is 1.88. The zero-order valence-electron chi connectivity index (χ0n) is 6.24. The molecule has 0 aliphatic rings. The number of hydrogen-bond acceptors (Lipinski definition) is 2. The first kappa shape index (κ1) is 11.0. The van der Waals surface area contributed by atoms with Crippen LogP contribution in [0.3, 0.4) is 0 Å². The third kappa shape index (κ3) is 3.23. The monoisotopic (exact) mass is 219 g/mol. The number of hydrogen-bond donors (Lipinski definition) is 0. The first-order chi connectivity index (χ1) is 4.70. The second-order valence-corrected chi connectivity index (χ2v) is 2.99. The van der Waals surface area contributed by atoms with Crippen LogP contribution in [0.25, 0.3) is 0 Å². The van der Waals surface area contributed by atoms with Crippen molar-refractivity contribution in [3.8, 4) is 0 Å². The van der Waals surface area contributed by atoms with E-state index in [2.05, 4.69) is 0 Å². The molecule has 0 radical (unpaired) electrons. The van der Waals surface area contributed by atoms with Crippen LogP contribution < -0.4 is 0 Å². The molecule has 1 rings (SSSR count). The molecule has 0 aliphatic heterocycles. The van der Waals surface area contributed by atoms with E-state index in [-0.39, 0.29) is 19.5 Å². The van der Waals surface area contributed by atoms with Gasteiger partial charge in [-0.1, -0.05) is 17.7 Å². The fraction of sp³-hybridized carbons (Fsp3) is 0.143. The summed E-state index contributed by atoms with van der Waals surface area (Å²) in [5, 5.41) is 0. The Labute approximate surface area is 81.1 Å². The molecule has 11 heavy (non-hydrogen) atoms. The molecule has 1 aromatic carbocycles. The first-order valence-electron chi connectivity index (χ1n) is 2.86. The molecule has 0 amide bonds. The van der Waals surface area contributed by atoms with Crippen molar-refractivity contribution in [2.45, 2.75) is 11.8 Å². The predicted octanol–water partition coefficient (Wildman–Crippen LogP) is 1.23. The minimum absolute atomic E-state index is 0. The summed E-state index contributed by atoms with van der Waals surface area (Å²) in [6, 6.07) is 6.70. The Hall–Kier alpha value is -0.0466. The van der Waals surface area contributed by atoms with Crippen molar-refractivity contribution in [2.75, 3.05) is 0 Å². The van der Waals surface area contributed by atoms with Crippen LogP contribution in [0.4, 0.5) is 0 Å². The molecule has 1 unspecified atom stereocenters. The van der Waals surface area contributed by atoms with Crippen LogP contribution in [0.15, 0.2) is 29.2 Å². The smallest absolute Gasteiger partial charge is 0.768 e. The van der Waals surface area contributed by atoms with Gasteiger partial charge in [-0.2, -0.15) is 0 Å². The van der Waals surface area contributed by atoms with Crippen molar-refractivity contribution in [3.05, 3.63) is 29.8 Å². The summed E-state index contributed by atoms with van der Waals surface area (Å²) in [7, 11) is 0. The fourth-order valence-corrected chi connectivity index (χ4v) is 1.01. The Kier molecular flexibility index (Phi) is 4.74. The summed E-state index contributed by atoms with van der Waals surface area (Å²) in [5.41, 5.74) is 1.06. The molecule has 0 N–H and O–H groups in total. The van der Waals surface area contributed by atoms with Gasteiger partial charge in [0.25, 0.3) is 0 Å². The summed E-state index contributed by atoms with van der Waals surface area (Å²) in [4.78, 5) is 0.339. The molecule has 2 nitrogen and oxygen atoms in total. The molecule has 54 valence electrons. The largest absolute Gasteiger partial charge is 2.00 e. The summed E-state index contributed by atoms with van der Waals surface area (Å²) < 4.78 is 20.6. The van der Waals surface area contributed by atoms with E-state index in [0.29, 0.717) is 4.90 Å². The normalized spacial score (nSPS) is 11.8.